The molecule has 7 nitrogen and oxygen atoms in total. The van der Waals surface area contributed by atoms with Crippen molar-refractivity contribution in [1.82, 2.24) is 14.5 Å². The van der Waals surface area contributed by atoms with Crippen LogP contribution in [-0.4, -0.2) is 56.4 Å². The lowest BCUT2D eigenvalue weighted by Crippen LogP contribution is -2.53. The molecule has 12 heteroatoms. The van der Waals surface area contributed by atoms with Gasteiger partial charge in [0.15, 0.2) is 0 Å². The Kier molecular flexibility index (Phi) is 7.58. The van der Waals surface area contributed by atoms with Gasteiger partial charge >= 0.3 is 12.6 Å². The van der Waals surface area contributed by atoms with Crippen molar-refractivity contribution in [2.24, 2.45) is 0 Å². The lowest BCUT2D eigenvalue weighted by molar-refractivity contribution is -0.0498. The maximum absolute atomic E-state index is 12.9. The SMILES string of the molecule is O=C(NCc1cccc(OC(F)F)c1)N1CCN(S(=O)(=O)c2c(Cl)cccc2Cl)CC1. The molecule has 1 saturated heterocycles. The van der Waals surface area contributed by atoms with Gasteiger partial charge in [-0.2, -0.15) is 13.1 Å². The molecule has 1 fully saturated rings. The zero-order valence-corrected chi connectivity index (χ0v) is 18.4. The van der Waals surface area contributed by atoms with Crippen molar-refractivity contribution in [3.63, 3.8) is 0 Å². The molecule has 2 amide bonds. The third-order valence-corrected chi connectivity index (χ3v) is 7.46. The summed E-state index contributed by atoms with van der Waals surface area (Å²) in [6.07, 6.45) is 0. The fourth-order valence-electron chi connectivity index (χ4n) is 3.11. The molecular weight excluding hydrogens is 475 g/mol. The minimum Gasteiger partial charge on any atom is -0.435 e. The summed E-state index contributed by atoms with van der Waals surface area (Å²) in [7, 11) is -3.91. The van der Waals surface area contributed by atoms with Gasteiger partial charge in [-0.15, -0.1) is 0 Å². The molecule has 0 radical (unpaired) electrons. The molecule has 0 bridgehead atoms. The van der Waals surface area contributed by atoms with Crippen LogP contribution in [0.1, 0.15) is 5.56 Å². The summed E-state index contributed by atoms with van der Waals surface area (Å²) in [5.41, 5.74) is 0.584. The predicted molar refractivity (Wildman–Crippen MR) is 112 cm³/mol. The fourth-order valence-corrected chi connectivity index (χ4v) is 5.62. The predicted octanol–water partition coefficient (Wildman–Crippen LogP) is 3.81. The maximum atomic E-state index is 12.9. The van der Waals surface area contributed by atoms with Crippen LogP contribution in [0.2, 0.25) is 10.0 Å². The first-order valence-electron chi connectivity index (χ1n) is 9.19. The lowest BCUT2D eigenvalue weighted by Gasteiger charge is -2.34. The highest BCUT2D eigenvalue weighted by molar-refractivity contribution is 7.89. The first-order chi connectivity index (χ1) is 14.7. The van der Waals surface area contributed by atoms with Crippen molar-refractivity contribution in [3.8, 4) is 5.75 Å². The minimum absolute atomic E-state index is 0.00111. The van der Waals surface area contributed by atoms with E-state index in [1.54, 1.807) is 18.2 Å². The zero-order valence-electron chi connectivity index (χ0n) is 16.1. The molecule has 0 saturated carbocycles. The third-order valence-electron chi connectivity index (χ3n) is 4.61. The van der Waals surface area contributed by atoms with Gasteiger partial charge in [0.1, 0.15) is 10.6 Å². The van der Waals surface area contributed by atoms with Crippen LogP contribution in [0.3, 0.4) is 0 Å². The van der Waals surface area contributed by atoms with Crippen LogP contribution in [0, 0.1) is 0 Å². The van der Waals surface area contributed by atoms with E-state index >= 15 is 0 Å². The summed E-state index contributed by atoms with van der Waals surface area (Å²) in [6, 6.07) is 10.1. The Hall–Kier alpha value is -2.14. The number of halogens is 4. The fraction of sp³-hybridized carbons (Fsp3) is 0.316. The van der Waals surface area contributed by atoms with E-state index in [0.717, 1.165) is 0 Å². The first-order valence-corrected chi connectivity index (χ1v) is 11.4. The topological polar surface area (TPSA) is 79.0 Å². The highest BCUT2D eigenvalue weighted by atomic mass is 35.5. The number of piperazine rings is 1. The number of ether oxygens (including phenoxy) is 1. The second-order valence-electron chi connectivity index (χ2n) is 6.63. The van der Waals surface area contributed by atoms with Crippen molar-refractivity contribution in [1.29, 1.82) is 0 Å². The summed E-state index contributed by atoms with van der Waals surface area (Å²) in [5, 5.41) is 2.75. The van der Waals surface area contributed by atoms with Crippen LogP contribution in [0.5, 0.6) is 5.75 Å². The van der Waals surface area contributed by atoms with Crippen molar-refractivity contribution in [2.75, 3.05) is 26.2 Å². The molecule has 0 atom stereocenters. The summed E-state index contributed by atoms with van der Waals surface area (Å²) in [6.45, 7) is -2.33. The van der Waals surface area contributed by atoms with E-state index in [2.05, 4.69) is 10.1 Å². The standard InChI is InChI=1S/C19H19Cl2F2N3O4S/c20-15-5-2-6-16(21)17(15)31(28,29)26-9-7-25(8-10-26)19(27)24-12-13-3-1-4-14(11-13)30-18(22)23/h1-6,11,18H,7-10,12H2,(H,24,27). The first kappa shape index (κ1) is 23.5. The van der Waals surface area contributed by atoms with E-state index in [4.69, 9.17) is 23.2 Å². The molecular formula is C19H19Cl2F2N3O4S. The Morgan fingerprint density at radius 1 is 1.06 bits per heavy atom. The number of rotatable bonds is 6. The molecule has 1 aliphatic rings. The molecule has 168 valence electrons. The average Bonchev–Trinajstić information content (AvgIpc) is 2.71. The highest BCUT2D eigenvalue weighted by Gasteiger charge is 2.32. The number of carbonyl (C=O) groups is 1. The van der Waals surface area contributed by atoms with Crippen LogP contribution in [0.15, 0.2) is 47.4 Å². The van der Waals surface area contributed by atoms with E-state index in [1.807, 2.05) is 0 Å². The Morgan fingerprint density at radius 2 is 1.68 bits per heavy atom. The van der Waals surface area contributed by atoms with Crippen molar-refractivity contribution < 1.29 is 26.7 Å². The molecule has 1 N–H and O–H groups in total. The van der Waals surface area contributed by atoms with E-state index < -0.39 is 22.7 Å². The van der Waals surface area contributed by atoms with Crippen LogP contribution in [-0.2, 0) is 16.6 Å². The van der Waals surface area contributed by atoms with Gasteiger partial charge in [0, 0.05) is 32.7 Å². The van der Waals surface area contributed by atoms with Gasteiger partial charge in [-0.3, -0.25) is 0 Å². The maximum Gasteiger partial charge on any atom is 0.387 e. The van der Waals surface area contributed by atoms with Crippen LogP contribution < -0.4 is 10.1 Å². The highest BCUT2D eigenvalue weighted by Crippen LogP contribution is 2.31. The Labute approximate surface area is 188 Å². The monoisotopic (exact) mass is 493 g/mol. The molecule has 0 aromatic heterocycles. The van der Waals surface area contributed by atoms with Gasteiger partial charge in [-0.05, 0) is 29.8 Å². The summed E-state index contributed by atoms with van der Waals surface area (Å²) in [4.78, 5) is 13.7. The quantitative estimate of drug-likeness (QED) is 0.663. The zero-order chi connectivity index (χ0) is 22.6. The lowest BCUT2D eigenvalue weighted by atomic mass is 10.2. The number of nitrogens with one attached hydrogen (secondary N) is 1. The second-order valence-corrected chi connectivity index (χ2v) is 9.32. The molecule has 1 aliphatic heterocycles. The number of carbonyl (C=O) groups excluding carboxylic acids is 1. The molecule has 31 heavy (non-hydrogen) atoms. The van der Waals surface area contributed by atoms with E-state index in [1.165, 1.54) is 33.5 Å². The number of alkyl halides is 2. The average molecular weight is 494 g/mol. The summed E-state index contributed by atoms with van der Waals surface area (Å²) in [5.74, 6) is -0.00111. The van der Waals surface area contributed by atoms with E-state index in [9.17, 15) is 22.0 Å². The normalized spacial score (nSPS) is 15.2. The second kappa shape index (κ2) is 9.99. The Balaban J connectivity index is 1.57. The molecule has 2 aromatic rings. The molecule has 0 spiro atoms. The molecule has 0 aliphatic carbocycles. The van der Waals surface area contributed by atoms with Crippen LogP contribution in [0.25, 0.3) is 0 Å². The van der Waals surface area contributed by atoms with Gasteiger partial charge in [0.25, 0.3) is 0 Å². The smallest absolute Gasteiger partial charge is 0.387 e. The molecule has 1 heterocycles. The number of benzene rings is 2. The van der Waals surface area contributed by atoms with Crippen LogP contribution >= 0.6 is 23.2 Å². The van der Waals surface area contributed by atoms with Gasteiger partial charge in [-0.25, -0.2) is 13.2 Å². The van der Waals surface area contributed by atoms with Crippen molar-refractivity contribution in [2.45, 2.75) is 18.1 Å². The van der Waals surface area contributed by atoms with Gasteiger partial charge in [0.05, 0.1) is 10.0 Å². The number of amides is 2. The van der Waals surface area contributed by atoms with Gasteiger partial charge < -0.3 is 15.0 Å². The number of urea groups is 1. The molecule has 2 aromatic carbocycles. The third kappa shape index (κ3) is 5.76. The van der Waals surface area contributed by atoms with E-state index in [0.29, 0.717) is 5.56 Å². The number of hydrogen-bond donors (Lipinski definition) is 1. The number of sulfonamides is 1. The van der Waals surface area contributed by atoms with Crippen molar-refractivity contribution >= 4 is 39.3 Å². The van der Waals surface area contributed by atoms with Gasteiger partial charge in [0.2, 0.25) is 10.0 Å². The minimum atomic E-state index is -3.91. The Bertz CT molecular complexity index is 1030. The van der Waals surface area contributed by atoms with Crippen LogP contribution in [0.4, 0.5) is 13.6 Å². The van der Waals surface area contributed by atoms with Gasteiger partial charge in [-0.1, -0.05) is 41.4 Å². The Morgan fingerprint density at radius 3 is 2.29 bits per heavy atom. The number of hydrogen-bond acceptors (Lipinski definition) is 4. The largest absolute Gasteiger partial charge is 0.435 e. The molecule has 3 rings (SSSR count). The number of nitrogens with zero attached hydrogens (tertiary/aromatic N) is 2. The van der Waals surface area contributed by atoms with E-state index in [-0.39, 0.29) is 53.4 Å². The molecule has 0 unspecified atom stereocenters. The summed E-state index contributed by atoms with van der Waals surface area (Å²) >= 11 is 12.1. The van der Waals surface area contributed by atoms with Crippen molar-refractivity contribution in [3.05, 3.63) is 58.1 Å². The summed E-state index contributed by atoms with van der Waals surface area (Å²) < 4.78 is 56.0.